The van der Waals surface area contributed by atoms with E-state index in [0.29, 0.717) is 24.9 Å². The number of guanidine groups is 1. The molecule has 3 N–H and O–H groups in total. The van der Waals surface area contributed by atoms with Gasteiger partial charge >= 0.3 is 6.09 Å². The standard InChI is InChI=1S/C19H29N5O3S.HI/c1-18(2,3)27-17(25)24-19(4,5)12-22-16(20-6)21-10-13-11-26-15(23-13)14-8-7-9-28-14;/h7-9,11H,10,12H2,1-6H3,(H,24,25)(H2,20,21,22);1H. The normalized spacial score (nSPS) is 12.1. The lowest BCUT2D eigenvalue weighted by atomic mass is 10.1. The zero-order valence-electron chi connectivity index (χ0n) is 17.7. The van der Waals surface area contributed by atoms with Gasteiger partial charge in [0.05, 0.1) is 22.7 Å². The van der Waals surface area contributed by atoms with Crippen LogP contribution in [-0.2, 0) is 11.3 Å². The molecule has 0 aliphatic rings. The first-order chi connectivity index (χ1) is 13.1. The van der Waals surface area contributed by atoms with Gasteiger partial charge in [-0.15, -0.1) is 35.3 Å². The van der Waals surface area contributed by atoms with Gasteiger partial charge in [0.15, 0.2) is 5.96 Å². The molecular formula is C19H30IN5O3S. The van der Waals surface area contributed by atoms with Gasteiger partial charge < -0.3 is 25.1 Å². The molecule has 0 aliphatic carbocycles. The van der Waals surface area contributed by atoms with Gasteiger partial charge in [-0.05, 0) is 46.1 Å². The fraction of sp³-hybridized carbons (Fsp3) is 0.526. The maximum absolute atomic E-state index is 12.0. The fourth-order valence-electron chi connectivity index (χ4n) is 2.23. The lowest BCUT2D eigenvalue weighted by Gasteiger charge is -2.29. The van der Waals surface area contributed by atoms with Crippen molar-refractivity contribution in [2.75, 3.05) is 13.6 Å². The Morgan fingerprint density at radius 2 is 2.00 bits per heavy atom. The second-order valence-corrected chi connectivity index (χ2v) is 8.86. The van der Waals surface area contributed by atoms with Crippen LogP contribution in [0.1, 0.15) is 40.3 Å². The number of nitrogens with one attached hydrogen (secondary N) is 3. The van der Waals surface area contributed by atoms with Crippen molar-refractivity contribution in [2.24, 2.45) is 4.99 Å². The van der Waals surface area contributed by atoms with E-state index in [1.165, 1.54) is 0 Å². The number of amides is 1. The number of carbonyl (C=O) groups excluding carboxylic acids is 1. The Morgan fingerprint density at radius 1 is 1.28 bits per heavy atom. The molecule has 2 aromatic heterocycles. The lowest BCUT2D eigenvalue weighted by Crippen LogP contribution is -2.54. The zero-order chi connectivity index (χ0) is 20.8. The summed E-state index contributed by atoms with van der Waals surface area (Å²) in [5.74, 6) is 1.21. The zero-order valence-corrected chi connectivity index (χ0v) is 20.8. The minimum absolute atomic E-state index is 0. The van der Waals surface area contributed by atoms with E-state index in [-0.39, 0.29) is 24.0 Å². The van der Waals surface area contributed by atoms with Gasteiger partial charge in [0.25, 0.3) is 0 Å². The SMILES string of the molecule is CN=C(NCc1coc(-c2cccs2)n1)NCC(C)(C)NC(=O)OC(C)(C)C.I. The molecule has 10 heteroatoms. The average molecular weight is 535 g/mol. The smallest absolute Gasteiger partial charge is 0.408 e. The molecule has 0 aliphatic heterocycles. The molecule has 0 fully saturated rings. The van der Waals surface area contributed by atoms with Crippen LogP contribution in [-0.4, -0.2) is 41.8 Å². The number of ether oxygens (including phenoxy) is 1. The third kappa shape index (κ3) is 9.03. The van der Waals surface area contributed by atoms with Crippen molar-refractivity contribution in [3.05, 3.63) is 29.5 Å². The van der Waals surface area contributed by atoms with E-state index in [1.54, 1.807) is 24.6 Å². The van der Waals surface area contributed by atoms with Crippen LogP contribution in [0.15, 0.2) is 33.2 Å². The van der Waals surface area contributed by atoms with Gasteiger partial charge in [-0.3, -0.25) is 4.99 Å². The summed E-state index contributed by atoms with van der Waals surface area (Å²) >= 11 is 1.58. The van der Waals surface area contributed by atoms with E-state index in [1.807, 2.05) is 52.1 Å². The predicted molar refractivity (Wildman–Crippen MR) is 127 cm³/mol. The minimum atomic E-state index is -0.537. The number of nitrogens with zero attached hydrogens (tertiary/aromatic N) is 2. The Balaban J connectivity index is 0.00000420. The molecule has 0 unspecified atom stereocenters. The van der Waals surface area contributed by atoms with Gasteiger partial charge in [-0.25, -0.2) is 9.78 Å². The monoisotopic (exact) mass is 535 g/mol. The highest BCUT2D eigenvalue weighted by molar-refractivity contribution is 14.0. The second-order valence-electron chi connectivity index (χ2n) is 7.91. The summed E-state index contributed by atoms with van der Waals surface area (Å²) in [5.41, 5.74) is -0.289. The van der Waals surface area contributed by atoms with Gasteiger partial charge in [-0.2, -0.15) is 0 Å². The van der Waals surface area contributed by atoms with Gasteiger partial charge in [0, 0.05) is 13.6 Å². The summed E-state index contributed by atoms with van der Waals surface area (Å²) in [6.45, 7) is 10.2. The highest BCUT2D eigenvalue weighted by Gasteiger charge is 2.24. The minimum Gasteiger partial charge on any atom is -0.444 e. The number of rotatable bonds is 6. The van der Waals surface area contributed by atoms with E-state index >= 15 is 0 Å². The van der Waals surface area contributed by atoms with Gasteiger partial charge in [0.1, 0.15) is 11.9 Å². The molecule has 0 atom stereocenters. The third-order valence-electron chi connectivity index (χ3n) is 3.48. The van der Waals surface area contributed by atoms with E-state index in [9.17, 15) is 4.79 Å². The Morgan fingerprint density at radius 3 is 2.59 bits per heavy atom. The summed E-state index contributed by atoms with van der Waals surface area (Å²) in [4.78, 5) is 21.6. The number of aliphatic imine (C=N–C) groups is 1. The molecule has 162 valence electrons. The van der Waals surface area contributed by atoms with E-state index in [2.05, 4.69) is 25.9 Å². The molecule has 2 rings (SSSR count). The lowest BCUT2D eigenvalue weighted by molar-refractivity contribution is 0.0474. The summed E-state index contributed by atoms with van der Waals surface area (Å²) in [6, 6.07) is 3.93. The van der Waals surface area contributed by atoms with E-state index in [4.69, 9.17) is 9.15 Å². The maximum atomic E-state index is 12.0. The predicted octanol–water partition coefficient (Wildman–Crippen LogP) is 3.99. The molecule has 8 nitrogen and oxygen atoms in total. The Kier molecular flexibility index (Phi) is 9.40. The Hall–Kier alpha value is -1.82. The van der Waals surface area contributed by atoms with Crippen LogP contribution in [0.2, 0.25) is 0 Å². The first-order valence-corrected chi connectivity index (χ1v) is 9.90. The number of carbonyl (C=O) groups is 1. The quantitative estimate of drug-likeness (QED) is 0.294. The summed E-state index contributed by atoms with van der Waals surface area (Å²) in [7, 11) is 1.68. The summed E-state index contributed by atoms with van der Waals surface area (Å²) < 4.78 is 10.8. The molecule has 0 saturated heterocycles. The van der Waals surface area contributed by atoms with Gasteiger partial charge in [-0.1, -0.05) is 6.07 Å². The summed E-state index contributed by atoms with van der Waals surface area (Å²) in [6.07, 6.45) is 1.18. The largest absolute Gasteiger partial charge is 0.444 e. The second kappa shape index (κ2) is 10.8. The molecule has 0 saturated carbocycles. The molecule has 29 heavy (non-hydrogen) atoms. The van der Waals surface area contributed by atoms with Crippen molar-refractivity contribution in [2.45, 2.75) is 52.3 Å². The summed E-state index contributed by atoms with van der Waals surface area (Å²) in [5, 5.41) is 11.2. The average Bonchev–Trinajstić information content (AvgIpc) is 3.23. The molecule has 2 aromatic rings. The van der Waals surface area contributed by atoms with Crippen molar-refractivity contribution in [3.8, 4) is 10.8 Å². The first kappa shape index (κ1) is 25.2. The van der Waals surface area contributed by atoms with Crippen LogP contribution in [0.5, 0.6) is 0 Å². The van der Waals surface area contributed by atoms with Crippen molar-refractivity contribution in [3.63, 3.8) is 0 Å². The van der Waals surface area contributed by atoms with Crippen LogP contribution in [0.25, 0.3) is 10.8 Å². The molecular weight excluding hydrogens is 505 g/mol. The highest BCUT2D eigenvalue weighted by Crippen LogP contribution is 2.23. The first-order valence-electron chi connectivity index (χ1n) is 9.02. The van der Waals surface area contributed by atoms with Crippen molar-refractivity contribution in [1.29, 1.82) is 0 Å². The molecule has 0 radical (unpaired) electrons. The molecule has 1 amide bonds. The van der Waals surface area contributed by atoms with Crippen LogP contribution in [0.4, 0.5) is 4.79 Å². The fourth-order valence-corrected chi connectivity index (χ4v) is 2.88. The van der Waals surface area contributed by atoms with Crippen molar-refractivity contribution >= 4 is 47.4 Å². The number of alkyl carbamates (subject to hydrolysis) is 1. The van der Waals surface area contributed by atoms with Crippen molar-refractivity contribution < 1.29 is 13.9 Å². The maximum Gasteiger partial charge on any atom is 0.408 e. The molecule has 0 bridgehead atoms. The number of thiophene rings is 1. The highest BCUT2D eigenvalue weighted by atomic mass is 127. The molecule has 2 heterocycles. The number of hydrogen-bond donors (Lipinski definition) is 3. The third-order valence-corrected chi connectivity index (χ3v) is 4.34. The molecule has 0 aromatic carbocycles. The van der Waals surface area contributed by atoms with Crippen LogP contribution in [0.3, 0.4) is 0 Å². The van der Waals surface area contributed by atoms with Gasteiger partial charge in [0.2, 0.25) is 5.89 Å². The topological polar surface area (TPSA) is 101 Å². The van der Waals surface area contributed by atoms with Crippen LogP contribution in [0, 0.1) is 0 Å². The van der Waals surface area contributed by atoms with Crippen LogP contribution < -0.4 is 16.0 Å². The number of oxazole rings is 1. The molecule has 0 spiro atoms. The van der Waals surface area contributed by atoms with E-state index < -0.39 is 17.2 Å². The van der Waals surface area contributed by atoms with Crippen LogP contribution >= 0.6 is 35.3 Å². The Bertz CT molecular complexity index is 797. The van der Waals surface area contributed by atoms with Crippen molar-refractivity contribution in [1.82, 2.24) is 20.9 Å². The number of halogens is 1. The number of aromatic nitrogens is 1. The Labute approximate surface area is 192 Å². The number of hydrogen-bond acceptors (Lipinski definition) is 6. The van der Waals surface area contributed by atoms with E-state index in [0.717, 1.165) is 10.6 Å².